The zero-order valence-electron chi connectivity index (χ0n) is 17.6. The number of carbonyl (C=O) groups is 2. The number of para-hydroxylation sites is 1. The number of carbonyl (C=O) groups excluding carboxylic acids is 2. The van der Waals surface area contributed by atoms with Crippen molar-refractivity contribution in [3.8, 4) is 0 Å². The van der Waals surface area contributed by atoms with Gasteiger partial charge in [0.15, 0.2) is 6.61 Å². The van der Waals surface area contributed by atoms with E-state index >= 15 is 0 Å². The van der Waals surface area contributed by atoms with Crippen LogP contribution in [0.5, 0.6) is 0 Å². The maximum Gasteiger partial charge on any atom is 0.339 e. The maximum absolute atomic E-state index is 13.1. The van der Waals surface area contributed by atoms with Crippen molar-refractivity contribution < 1.29 is 14.3 Å². The van der Waals surface area contributed by atoms with Crippen LogP contribution in [0.15, 0.2) is 41.8 Å². The molecule has 1 aliphatic rings. The van der Waals surface area contributed by atoms with Crippen molar-refractivity contribution in [1.82, 2.24) is 10.3 Å². The second kappa shape index (κ2) is 9.88. The van der Waals surface area contributed by atoms with Crippen LogP contribution in [-0.2, 0) is 16.0 Å². The van der Waals surface area contributed by atoms with Gasteiger partial charge in [0.2, 0.25) is 0 Å². The number of nitrogens with one attached hydrogen (secondary N) is 1. The lowest BCUT2D eigenvalue weighted by molar-refractivity contribution is -0.124. The molecule has 160 valence electrons. The summed E-state index contributed by atoms with van der Waals surface area (Å²) in [5, 5.41) is 5.61. The van der Waals surface area contributed by atoms with Gasteiger partial charge in [0.25, 0.3) is 5.91 Å². The van der Waals surface area contributed by atoms with Crippen LogP contribution < -0.4 is 5.32 Å². The Kier molecular flexibility index (Phi) is 6.77. The number of amides is 1. The number of nitrogens with zero attached hydrogens (tertiary/aromatic N) is 1. The molecule has 3 aromatic rings. The molecular formula is C25H26N2O3S. The van der Waals surface area contributed by atoms with Gasteiger partial charge in [0.1, 0.15) is 0 Å². The van der Waals surface area contributed by atoms with Crippen molar-refractivity contribution in [2.45, 2.75) is 39.0 Å². The Labute approximate surface area is 186 Å². The quantitative estimate of drug-likeness (QED) is 0.408. The minimum absolute atomic E-state index is 0.271. The Morgan fingerprint density at radius 2 is 2.06 bits per heavy atom. The van der Waals surface area contributed by atoms with Crippen LogP contribution in [0.3, 0.4) is 0 Å². The number of esters is 1. The van der Waals surface area contributed by atoms with E-state index in [1.54, 1.807) is 11.3 Å². The Hall–Kier alpha value is -2.99. The van der Waals surface area contributed by atoms with Gasteiger partial charge in [0, 0.05) is 16.8 Å². The third-order valence-electron chi connectivity index (χ3n) is 5.42. The van der Waals surface area contributed by atoms with E-state index in [0.717, 1.165) is 59.8 Å². The summed E-state index contributed by atoms with van der Waals surface area (Å²) in [7, 11) is 0. The van der Waals surface area contributed by atoms with Gasteiger partial charge in [-0.05, 0) is 60.4 Å². The first-order valence-electron chi connectivity index (χ1n) is 10.8. The zero-order chi connectivity index (χ0) is 21.6. The Morgan fingerprint density at radius 3 is 2.87 bits per heavy atom. The molecule has 4 rings (SSSR count). The zero-order valence-corrected chi connectivity index (χ0v) is 18.5. The van der Waals surface area contributed by atoms with Crippen molar-refractivity contribution in [3.63, 3.8) is 0 Å². The number of thiophene rings is 1. The van der Waals surface area contributed by atoms with Crippen molar-refractivity contribution in [2.24, 2.45) is 0 Å². The highest BCUT2D eigenvalue weighted by Crippen LogP contribution is 2.36. The summed E-state index contributed by atoms with van der Waals surface area (Å²) in [6, 6.07) is 11.8. The Morgan fingerprint density at radius 1 is 1.19 bits per heavy atom. The number of ether oxygens (including phenoxy) is 1. The first kappa shape index (κ1) is 21.2. The van der Waals surface area contributed by atoms with Crippen LogP contribution in [0.1, 0.15) is 59.1 Å². The summed E-state index contributed by atoms with van der Waals surface area (Å²) in [4.78, 5) is 31.3. The number of allylic oxidation sites excluding steroid dienone is 1. The molecule has 0 unspecified atom stereocenters. The highest BCUT2D eigenvalue weighted by atomic mass is 32.1. The number of fused-ring (bicyclic) bond motifs is 2. The number of hydrogen-bond donors (Lipinski definition) is 1. The molecule has 31 heavy (non-hydrogen) atoms. The van der Waals surface area contributed by atoms with Gasteiger partial charge < -0.3 is 10.1 Å². The second-order valence-corrected chi connectivity index (χ2v) is 8.63. The maximum atomic E-state index is 13.1. The van der Waals surface area contributed by atoms with Gasteiger partial charge in [-0.25, -0.2) is 9.78 Å². The lowest BCUT2D eigenvalue weighted by Crippen LogP contribution is -2.30. The molecule has 1 aromatic carbocycles. The fraction of sp³-hybridized carbons (Fsp3) is 0.320. The van der Waals surface area contributed by atoms with Crippen molar-refractivity contribution in [3.05, 3.63) is 63.5 Å². The third kappa shape index (κ3) is 4.85. The second-order valence-electron chi connectivity index (χ2n) is 7.65. The highest BCUT2D eigenvalue weighted by Gasteiger charge is 2.26. The number of hydrogen-bond acceptors (Lipinski definition) is 5. The monoisotopic (exact) mass is 434 g/mol. The van der Waals surface area contributed by atoms with E-state index in [-0.39, 0.29) is 12.5 Å². The summed E-state index contributed by atoms with van der Waals surface area (Å²) in [5.41, 5.74) is 4.24. The van der Waals surface area contributed by atoms with Crippen LogP contribution in [0.4, 0.5) is 0 Å². The van der Waals surface area contributed by atoms with Gasteiger partial charge in [-0.3, -0.25) is 4.79 Å². The van der Waals surface area contributed by atoms with E-state index in [1.807, 2.05) is 30.3 Å². The molecule has 0 atom stereocenters. The first-order valence-corrected chi connectivity index (χ1v) is 11.6. The smallest absolute Gasteiger partial charge is 0.339 e. The van der Waals surface area contributed by atoms with Gasteiger partial charge in [0.05, 0.1) is 16.8 Å². The summed E-state index contributed by atoms with van der Waals surface area (Å²) < 4.78 is 5.44. The molecule has 2 aromatic heterocycles. The van der Waals surface area contributed by atoms with Crippen molar-refractivity contribution in [2.75, 3.05) is 13.2 Å². The minimum Gasteiger partial charge on any atom is -0.452 e. The average Bonchev–Trinajstić information content (AvgIpc) is 3.29. The fourth-order valence-corrected chi connectivity index (χ4v) is 4.59. The van der Waals surface area contributed by atoms with Crippen LogP contribution in [0.2, 0.25) is 0 Å². The molecule has 6 heteroatoms. The fourth-order valence-electron chi connectivity index (χ4n) is 3.91. The summed E-state index contributed by atoms with van der Waals surface area (Å²) in [6.45, 7) is 2.38. The molecule has 0 fully saturated rings. The molecule has 0 saturated carbocycles. The van der Waals surface area contributed by atoms with Crippen LogP contribution in [0.25, 0.3) is 22.6 Å². The van der Waals surface area contributed by atoms with Crippen LogP contribution in [-0.4, -0.2) is 30.0 Å². The van der Waals surface area contributed by atoms with Gasteiger partial charge >= 0.3 is 5.97 Å². The predicted octanol–water partition coefficient (Wildman–Crippen LogP) is 5.25. The third-order valence-corrected chi connectivity index (χ3v) is 6.24. The van der Waals surface area contributed by atoms with E-state index in [2.05, 4.69) is 29.8 Å². The van der Waals surface area contributed by atoms with Crippen molar-refractivity contribution >= 4 is 45.8 Å². The SMILES string of the molecule is CCCCNC(=O)COC(=O)c1c2c(nc3ccccc13)/C(=C/c1cccs1)CCC2. The molecule has 1 N–H and O–H groups in total. The topological polar surface area (TPSA) is 68.3 Å². The van der Waals surface area contributed by atoms with Gasteiger partial charge in [-0.1, -0.05) is 37.6 Å². The molecular weight excluding hydrogens is 408 g/mol. The molecule has 1 aliphatic carbocycles. The molecule has 0 bridgehead atoms. The Bertz CT molecular complexity index is 1120. The highest BCUT2D eigenvalue weighted by molar-refractivity contribution is 7.10. The number of pyridine rings is 1. The lowest BCUT2D eigenvalue weighted by Gasteiger charge is -2.22. The molecule has 1 amide bonds. The first-order chi connectivity index (χ1) is 15.2. The Balaban J connectivity index is 1.68. The van der Waals surface area contributed by atoms with E-state index in [9.17, 15) is 9.59 Å². The van der Waals surface area contributed by atoms with E-state index < -0.39 is 5.97 Å². The molecule has 0 radical (unpaired) electrons. The predicted molar refractivity (Wildman–Crippen MR) is 125 cm³/mol. The minimum atomic E-state index is -0.460. The van der Waals surface area contributed by atoms with Crippen LogP contribution in [0, 0.1) is 0 Å². The number of benzene rings is 1. The lowest BCUT2D eigenvalue weighted by atomic mass is 9.86. The summed E-state index contributed by atoms with van der Waals surface area (Å²) in [6.07, 6.45) is 6.70. The van der Waals surface area contributed by atoms with E-state index in [4.69, 9.17) is 9.72 Å². The molecule has 2 heterocycles. The molecule has 5 nitrogen and oxygen atoms in total. The molecule has 0 saturated heterocycles. The number of unbranched alkanes of at least 4 members (excludes halogenated alkanes) is 1. The van der Waals surface area contributed by atoms with E-state index in [1.165, 1.54) is 4.88 Å². The van der Waals surface area contributed by atoms with Crippen LogP contribution >= 0.6 is 11.3 Å². The van der Waals surface area contributed by atoms with Gasteiger partial charge in [-0.15, -0.1) is 11.3 Å². The summed E-state index contributed by atoms with van der Waals surface area (Å²) >= 11 is 1.68. The number of aromatic nitrogens is 1. The van der Waals surface area contributed by atoms with Crippen molar-refractivity contribution in [1.29, 1.82) is 0 Å². The molecule has 0 spiro atoms. The number of rotatable bonds is 7. The standard InChI is InChI=1S/C25H26N2O3S/c1-2-3-13-26-22(28)16-30-25(29)23-19-10-4-5-12-21(19)27-24-17(8-6-11-20(23)24)15-18-9-7-14-31-18/h4-5,7,9-10,12,14-15H,2-3,6,8,11,13,16H2,1H3,(H,26,28)/b17-15+. The summed E-state index contributed by atoms with van der Waals surface area (Å²) in [5.74, 6) is -0.731. The van der Waals surface area contributed by atoms with E-state index in [0.29, 0.717) is 12.1 Å². The van der Waals surface area contributed by atoms with Gasteiger partial charge in [-0.2, -0.15) is 0 Å². The average molecular weight is 435 g/mol. The normalized spacial score (nSPS) is 14.4. The molecule has 0 aliphatic heterocycles. The largest absolute Gasteiger partial charge is 0.452 e.